The van der Waals surface area contributed by atoms with E-state index in [1.165, 1.54) is 0 Å². The van der Waals surface area contributed by atoms with E-state index in [2.05, 4.69) is 45.0 Å². The number of aryl methyl sites for hydroxylation is 2. The van der Waals surface area contributed by atoms with Crippen LogP contribution in [0.1, 0.15) is 46.7 Å². The van der Waals surface area contributed by atoms with Gasteiger partial charge in [-0.1, -0.05) is 23.8 Å². The number of carbonyl (C=O) groups excluding carboxylic acids is 1. The van der Waals surface area contributed by atoms with E-state index in [0.717, 1.165) is 51.1 Å². The first-order chi connectivity index (χ1) is 19.4. The normalized spacial score (nSPS) is 17.7. The summed E-state index contributed by atoms with van der Waals surface area (Å²) in [6.45, 7) is 6.93. The number of hydrogen-bond acceptors (Lipinski definition) is 5. The van der Waals surface area contributed by atoms with Crippen LogP contribution in [-0.4, -0.2) is 38.8 Å². The first-order valence-corrected chi connectivity index (χ1v) is 13.7. The molecule has 0 aliphatic carbocycles. The largest absolute Gasteiger partial charge is 0.454 e. The highest BCUT2D eigenvalue weighted by Gasteiger charge is 2.41. The number of ether oxygens (including phenoxy) is 2. The average molecular weight is 554 g/mol. The molecule has 0 saturated carbocycles. The van der Waals surface area contributed by atoms with Gasteiger partial charge in [-0.25, -0.2) is 0 Å². The molecule has 1 fully saturated rings. The SMILES string of the molecule is Cc1ccc(NC(=O)CCN2C(=S)N[C@H](c3ccccn3)[C@H]2c2cc(C)n(-c3ccc4c(c3)OCO4)c2C)cc1. The van der Waals surface area contributed by atoms with E-state index in [-0.39, 0.29) is 24.8 Å². The lowest BCUT2D eigenvalue weighted by molar-refractivity contribution is -0.116. The molecule has 204 valence electrons. The highest BCUT2D eigenvalue weighted by molar-refractivity contribution is 7.80. The van der Waals surface area contributed by atoms with Gasteiger partial charge in [0, 0.05) is 48.0 Å². The monoisotopic (exact) mass is 553 g/mol. The summed E-state index contributed by atoms with van der Waals surface area (Å²) in [5, 5.41) is 7.11. The van der Waals surface area contributed by atoms with Crippen molar-refractivity contribution in [2.24, 2.45) is 0 Å². The molecule has 0 unspecified atom stereocenters. The van der Waals surface area contributed by atoms with Crippen LogP contribution in [0.4, 0.5) is 5.69 Å². The molecule has 1 saturated heterocycles. The summed E-state index contributed by atoms with van der Waals surface area (Å²) in [6.07, 6.45) is 2.09. The second kappa shape index (κ2) is 10.7. The van der Waals surface area contributed by atoms with Crippen LogP contribution >= 0.6 is 12.2 Å². The van der Waals surface area contributed by atoms with Gasteiger partial charge in [-0.05, 0) is 81.0 Å². The number of anilines is 1. The zero-order valence-corrected chi connectivity index (χ0v) is 23.5. The second-order valence-corrected chi connectivity index (χ2v) is 10.6. The quantitative estimate of drug-likeness (QED) is 0.292. The third-order valence-corrected chi connectivity index (χ3v) is 7.87. The molecule has 0 radical (unpaired) electrons. The van der Waals surface area contributed by atoms with Gasteiger partial charge in [-0.3, -0.25) is 9.78 Å². The van der Waals surface area contributed by atoms with E-state index in [4.69, 9.17) is 21.7 Å². The molecular formula is C31H31N5O3S. The molecule has 0 bridgehead atoms. The molecule has 9 heteroatoms. The maximum absolute atomic E-state index is 12.9. The average Bonchev–Trinajstić information content (AvgIpc) is 3.63. The van der Waals surface area contributed by atoms with Crippen molar-refractivity contribution in [2.75, 3.05) is 18.7 Å². The van der Waals surface area contributed by atoms with Crippen LogP contribution in [0.3, 0.4) is 0 Å². The summed E-state index contributed by atoms with van der Waals surface area (Å²) >= 11 is 5.84. The minimum Gasteiger partial charge on any atom is -0.454 e. The number of hydrogen-bond donors (Lipinski definition) is 2. The topological polar surface area (TPSA) is 80.7 Å². The molecule has 2 aromatic heterocycles. The van der Waals surface area contributed by atoms with Crippen molar-refractivity contribution in [3.05, 3.63) is 101 Å². The Morgan fingerprint density at radius 3 is 2.62 bits per heavy atom. The molecule has 6 rings (SSSR count). The molecule has 1 amide bonds. The summed E-state index contributed by atoms with van der Waals surface area (Å²) in [5.74, 6) is 1.43. The first-order valence-electron chi connectivity index (χ1n) is 13.3. The van der Waals surface area contributed by atoms with Crippen LogP contribution in [-0.2, 0) is 4.79 Å². The Morgan fingerprint density at radius 1 is 1.05 bits per heavy atom. The maximum Gasteiger partial charge on any atom is 0.231 e. The van der Waals surface area contributed by atoms with Gasteiger partial charge in [0.15, 0.2) is 16.6 Å². The van der Waals surface area contributed by atoms with Gasteiger partial charge in [0.1, 0.15) is 0 Å². The van der Waals surface area contributed by atoms with E-state index < -0.39 is 0 Å². The molecule has 2 atom stereocenters. The summed E-state index contributed by atoms with van der Waals surface area (Å²) in [7, 11) is 0. The third kappa shape index (κ3) is 4.88. The molecule has 4 aromatic rings. The summed E-state index contributed by atoms with van der Waals surface area (Å²) in [5.41, 5.74) is 7.12. The van der Waals surface area contributed by atoms with Gasteiger partial charge in [0.2, 0.25) is 12.7 Å². The van der Waals surface area contributed by atoms with Crippen molar-refractivity contribution in [1.82, 2.24) is 19.8 Å². The predicted molar refractivity (Wildman–Crippen MR) is 158 cm³/mol. The Hall–Kier alpha value is -4.37. The summed E-state index contributed by atoms with van der Waals surface area (Å²) < 4.78 is 13.4. The fourth-order valence-electron chi connectivity index (χ4n) is 5.58. The summed E-state index contributed by atoms with van der Waals surface area (Å²) in [6, 6.07) is 21.6. The smallest absolute Gasteiger partial charge is 0.231 e. The zero-order valence-electron chi connectivity index (χ0n) is 22.7. The minimum atomic E-state index is -0.167. The molecule has 2 N–H and O–H groups in total. The van der Waals surface area contributed by atoms with Crippen molar-refractivity contribution in [3.8, 4) is 17.2 Å². The summed E-state index contributed by atoms with van der Waals surface area (Å²) in [4.78, 5) is 19.7. The predicted octanol–water partition coefficient (Wildman–Crippen LogP) is 5.53. The lowest BCUT2D eigenvalue weighted by Gasteiger charge is -2.28. The van der Waals surface area contributed by atoms with Crippen LogP contribution in [0.25, 0.3) is 5.69 Å². The van der Waals surface area contributed by atoms with Gasteiger partial charge >= 0.3 is 0 Å². The van der Waals surface area contributed by atoms with E-state index in [0.29, 0.717) is 18.1 Å². The van der Waals surface area contributed by atoms with Crippen LogP contribution in [0, 0.1) is 20.8 Å². The molecule has 0 spiro atoms. The maximum atomic E-state index is 12.9. The molecule has 8 nitrogen and oxygen atoms in total. The zero-order chi connectivity index (χ0) is 27.8. The van der Waals surface area contributed by atoms with Crippen molar-refractivity contribution < 1.29 is 14.3 Å². The van der Waals surface area contributed by atoms with Crippen LogP contribution < -0.4 is 20.1 Å². The van der Waals surface area contributed by atoms with Crippen molar-refractivity contribution in [2.45, 2.75) is 39.3 Å². The number of thiocarbonyl (C=S) groups is 1. The van der Waals surface area contributed by atoms with Crippen molar-refractivity contribution in [3.63, 3.8) is 0 Å². The van der Waals surface area contributed by atoms with Crippen LogP contribution in [0.15, 0.2) is 72.9 Å². The van der Waals surface area contributed by atoms with E-state index >= 15 is 0 Å². The van der Waals surface area contributed by atoms with Gasteiger partial charge in [0.05, 0.1) is 17.8 Å². The van der Waals surface area contributed by atoms with Crippen molar-refractivity contribution in [1.29, 1.82) is 0 Å². The van der Waals surface area contributed by atoms with Crippen LogP contribution in [0.2, 0.25) is 0 Å². The van der Waals surface area contributed by atoms with Gasteiger partial charge in [-0.2, -0.15) is 0 Å². The lowest BCUT2D eigenvalue weighted by Crippen LogP contribution is -2.32. The van der Waals surface area contributed by atoms with Crippen molar-refractivity contribution >= 4 is 28.9 Å². The Labute approximate surface area is 238 Å². The molecule has 40 heavy (non-hydrogen) atoms. The number of nitrogens with zero attached hydrogens (tertiary/aromatic N) is 3. The molecule has 2 aliphatic rings. The Morgan fingerprint density at radius 2 is 1.85 bits per heavy atom. The number of pyridine rings is 1. The second-order valence-electron chi connectivity index (χ2n) is 10.2. The molecular weight excluding hydrogens is 522 g/mol. The number of aromatic nitrogens is 2. The third-order valence-electron chi connectivity index (χ3n) is 7.52. The van der Waals surface area contributed by atoms with Crippen LogP contribution in [0.5, 0.6) is 11.5 Å². The fourth-order valence-corrected chi connectivity index (χ4v) is 5.91. The van der Waals surface area contributed by atoms with Gasteiger partial charge in [0.25, 0.3) is 0 Å². The number of rotatable bonds is 7. The van der Waals surface area contributed by atoms with E-state index in [9.17, 15) is 4.79 Å². The fraction of sp³-hybridized carbons (Fsp3) is 0.258. The number of fused-ring (bicyclic) bond motifs is 1. The highest BCUT2D eigenvalue weighted by Crippen LogP contribution is 2.42. The van der Waals surface area contributed by atoms with E-state index in [1.807, 2.05) is 67.6 Å². The number of carbonyl (C=O) groups is 1. The number of amides is 1. The first kappa shape index (κ1) is 25.9. The highest BCUT2D eigenvalue weighted by atomic mass is 32.1. The molecule has 4 heterocycles. The van der Waals surface area contributed by atoms with Gasteiger partial charge in [-0.15, -0.1) is 0 Å². The van der Waals surface area contributed by atoms with Gasteiger partial charge < -0.3 is 29.6 Å². The van der Waals surface area contributed by atoms with E-state index in [1.54, 1.807) is 6.20 Å². The lowest BCUT2D eigenvalue weighted by atomic mass is 9.96. The Balaban J connectivity index is 1.32. The molecule has 2 aromatic carbocycles. The Bertz CT molecular complexity index is 1570. The minimum absolute atomic E-state index is 0.0579. The number of benzene rings is 2. The Kier molecular flexibility index (Phi) is 6.89. The standard InChI is InChI=1S/C31H31N5O3S/c1-19-7-9-22(10-8-19)33-28(37)13-15-35-30(29(34-31(35)40)25-6-4-5-14-32-25)24-16-20(2)36(21(24)3)23-11-12-26-27(17-23)39-18-38-26/h4-12,14,16-17,29-30H,13,15,18H2,1-3H3,(H,33,37)(H,34,40)/t29-,30-/m1/s1. The number of nitrogens with one attached hydrogen (secondary N) is 2. The molecule has 2 aliphatic heterocycles.